The van der Waals surface area contributed by atoms with Crippen LogP contribution in [0.5, 0.6) is 0 Å². The second-order valence-corrected chi connectivity index (χ2v) is 8.05. The van der Waals surface area contributed by atoms with Gasteiger partial charge in [-0.05, 0) is 35.9 Å². The van der Waals surface area contributed by atoms with Crippen LogP contribution < -0.4 is 10.6 Å². The first kappa shape index (κ1) is 19.4. The summed E-state index contributed by atoms with van der Waals surface area (Å²) in [7, 11) is 0. The van der Waals surface area contributed by atoms with E-state index in [4.69, 9.17) is 5.73 Å². The molecule has 0 spiro atoms. The molecule has 1 amide bonds. The van der Waals surface area contributed by atoms with E-state index in [0.29, 0.717) is 37.0 Å². The summed E-state index contributed by atoms with van der Waals surface area (Å²) >= 11 is 0. The van der Waals surface area contributed by atoms with Gasteiger partial charge in [-0.3, -0.25) is 4.79 Å². The maximum Gasteiger partial charge on any atom is 0.257 e. The largest absolute Gasteiger partial charge is 0.384 e. The van der Waals surface area contributed by atoms with Crippen LogP contribution in [0.15, 0.2) is 60.8 Å². The second-order valence-electron chi connectivity index (χ2n) is 8.05. The maximum absolute atomic E-state index is 14.4. The van der Waals surface area contributed by atoms with E-state index in [1.807, 2.05) is 11.0 Å². The van der Waals surface area contributed by atoms with Crippen LogP contribution in [0.1, 0.15) is 22.0 Å². The van der Waals surface area contributed by atoms with Crippen LogP contribution in [0, 0.1) is 23.5 Å². The van der Waals surface area contributed by atoms with Crippen molar-refractivity contribution in [2.45, 2.75) is 6.04 Å². The molecule has 158 valence electrons. The number of anilines is 2. The monoisotopic (exact) mass is 421 g/mol. The number of carbonyl (C=O) groups is 1. The number of hydrogen-bond acceptors (Lipinski definition) is 5. The molecule has 2 N–H and O–H groups in total. The van der Waals surface area contributed by atoms with E-state index in [2.05, 4.69) is 9.97 Å². The molecule has 6 nitrogen and oxygen atoms in total. The van der Waals surface area contributed by atoms with E-state index in [-0.39, 0.29) is 35.2 Å². The Hall–Kier alpha value is -3.55. The van der Waals surface area contributed by atoms with Gasteiger partial charge in [-0.1, -0.05) is 24.3 Å². The van der Waals surface area contributed by atoms with Crippen LogP contribution in [-0.2, 0) is 0 Å². The van der Waals surface area contributed by atoms with Gasteiger partial charge in [0.05, 0.1) is 11.6 Å². The normalized spacial score (nSPS) is 22.6. The molecule has 1 aromatic heterocycles. The Kier molecular flexibility index (Phi) is 4.77. The van der Waals surface area contributed by atoms with Gasteiger partial charge < -0.3 is 15.5 Å². The van der Waals surface area contributed by atoms with Gasteiger partial charge in [0.2, 0.25) is 5.95 Å². The lowest BCUT2D eigenvalue weighted by molar-refractivity contribution is 0.0710. The Labute approximate surface area is 178 Å². The van der Waals surface area contributed by atoms with E-state index in [0.717, 1.165) is 0 Å². The van der Waals surface area contributed by atoms with Crippen molar-refractivity contribution in [3.63, 3.8) is 0 Å². The average Bonchev–Trinajstić information content (AvgIpc) is 3.32. The molecule has 2 aliphatic rings. The van der Waals surface area contributed by atoms with Crippen LogP contribution >= 0.6 is 0 Å². The van der Waals surface area contributed by atoms with Crippen LogP contribution in [0.3, 0.4) is 0 Å². The number of fused-ring (bicyclic) bond motifs is 1. The van der Waals surface area contributed by atoms with Crippen molar-refractivity contribution in [2.75, 3.05) is 30.3 Å². The zero-order valence-electron chi connectivity index (χ0n) is 16.7. The number of benzene rings is 2. The highest BCUT2D eigenvalue weighted by molar-refractivity contribution is 5.95. The van der Waals surface area contributed by atoms with Gasteiger partial charge in [0.1, 0.15) is 17.5 Å². The number of aromatic nitrogens is 2. The van der Waals surface area contributed by atoms with E-state index >= 15 is 0 Å². The molecule has 0 radical (unpaired) electrons. The average molecular weight is 421 g/mol. The summed E-state index contributed by atoms with van der Waals surface area (Å²) in [5, 5.41) is 0. The van der Waals surface area contributed by atoms with Crippen LogP contribution in [0.4, 0.5) is 20.5 Å². The molecule has 31 heavy (non-hydrogen) atoms. The lowest BCUT2D eigenvalue weighted by Gasteiger charge is -2.30. The summed E-state index contributed by atoms with van der Waals surface area (Å²) in [6.07, 6.45) is 1.61. The SMILES string of the molecule is Nc1ccnc(N2C[C@H]3CN(C(=O)c4ccccc4F)[C@@H](c4cccc(F)c4)[C@H]3C2)n1. The molecular formula is C23H21F2N5O. The fourth-order valence-corrected chi connectivity index (χ4v) is 4.84. The Balaban J connectivity index is 1.50. The molecule has 2 aromatic carbocycles. The number of halogens is 2. The third-order valence-electron chi connectivity index (χ3n) is 6.17. The van der Waals surface area contributed by atoms with E-state index in [1.54, 1.807) is 35.4 Å². The third-order valence-corrected chi connectivity index (χ3v) is 6.17. The van der Waals surface area contributed by atoms with Gasteiger partial charge in [0, 0.05) is 37.7 Å². The molecule has 3 aromatic rings. The number of nitrogens with two attached hydrogens (primary N) is 1. The Morgan fingerprint density at radius 1 is 1.03 bits per heavy atom. The highest BCUT2D eigenvalue weighted by atomic mass is 19.1. The molecule has 5 rings (SSSR count). The van der Waals surface area contributed by atoms with Crippen molar-refractivity contribution < 1.29 is 13.6 Å². The fraction of sp³-hybridized carbons (Fsp3) is 0.261. The predicted molar refractivity (Wildman–Crippen MR) is 112 cm³/mol. The van der Waals surface area contributed by atoms with Crippen molar-refractivity contribution in [1.82, 2.24) is 14.9 Å². The Morgan fingerprint density at radius 3 is 2.65 bits per heavy atom. The van der Waals surface area contributed by atoms with E-state index < -0.39 is 5.82 Å². The first-order valence-electron chi connectivity index (χ1n) is 10.2. The minimum atomic E-state index is -0.558. The minimum Gasteiger partial charge on any atom is -0.384 e. The lowest BCUT2D eigenvalue weighted by Crippen LogP contribution is -2.36. The Bertz CT molecular complexity index is 1140. The number of amides is 1. The number of nitrogens with zero attached hydrogens (tertiary/aromatic N) is 4. The van der Waals surface area contributed by atoms with Gasteiger partial charge in [-0.25, -0.2) is 13.8 Å². The van der Waals surface area contributed by atoms with Gasteiger partial charge >= 0.3 is 0 Å². The minimum absolute atomic E-state index is 0.0277. The quantitative estimate of drug-likeness (QED) is 0.703. The first-order chi connectivity index (χ1) is 15.0. The standard InChI is InChI=1S/C23H21F2N5O/c24-16-5-3-4-14(10-16)21-18-13-29(23-27-9-8-20(26)28-23)11-15(18)12-30(21)22(31)17-6-1-2-7-19(17)25/h1-10,15,18,21H,11-13H2,(H2,26,27,28)/t15-,18-,21-/m0/s1. The summed E-state index contributed by atoms with van der Waals surface area (Å²) in [6, 6.07) is 13.5. The smallest absolute Gasteiger partial charge is 0.257 e. The maximum atomic E-state index is 14.4. The summed E-state index contributed by atoms with van der Waals surface area (Å²) in [6.45, 7) is 1.68. The van der Waals surface area contributed by atoms with Gasteiger partial charge in [-0.15, -0.1) is 0 Å². The molecule has 8 heteroatoms. The van der Waals surface area contributed by atoms with Crippen molar-refractivity contribution in [3.8, 4) is 0 Å². The van der Waals surface area contributed by atoms with Crippen molar-refractivity contribution in [2.24, 2.45) is 11.8 Å². The molecule has 2 fully saturated rings. The lowest BCUT2D eigenvalue weighted by atomic mass is 9.89. The molecule has 2 aliphatic heterocycles. The van der Waals surface area contributed by atoms with Gasteiger partial charge in [-0.2, -0.15) is 4.98 Å². The molecular weight excluding hydrogens is 400 g/mol. The summed E-state index contributed by atoms with van der Waals surface area (Å²) < 4.78 is 28.4. The second kappa shape index (κ2) is 7.61. The summed E-state index contributed by atoms with van der Waals surface area (Å²) in [5.74, 6) is -0.227. The van der Waals surface area contributed by atoms with E-state index in [1.165, 1.54) is 24.3 Å². The molecule has 3 heterocycles. The highest BCUT2D eigenvalue weighted by Crippen LogP contribution is 2.46. The number of rotatable bonds is 3. The predicted octanol–water partition coefficient (Wildman–Crippen LogP) is 3.29. The molecule has 2 saturated heterocycles. The Morgan fingerprint density at radius 2 is 1.87 bits per heavy atom. The van der Waals surface area contributed by atoms with E-state index in [9.17, 15) is 13.6 Å². The van der Waals surface area contributed by atoms with Crippen molar-refractivity contribution in [1.29, 1.82) is 0 Å². The molecule has 0 saturated carbocycles. The fourth-order valence-electron chi connectivity index (χ4n) is 4.84. The number of hydrogen-bond donors (Lipinski definition) is 1. The number of likely N-dealkylation sites (tertiary alicyclic amines) is 1. The number of nitrogen functional groups attached to an aromatic ring is 1. The highest BCUT2D eigenvalue weighted by Gasteiger charge is 2.50. The van der Waals surface area contributed by atoms with Crippen LogP contribution in [-0.4, -0.2) is 40.4 Å². The topological polar surface area (TPSA) is 75.3 Å². The molecule has 3 atom stereocenters. The molecule has 0 aliphatic carbocycles. The van der Waals surface area contributed by atoms with Gasteiger partial charge in [0.25, 0.3) is 5.91 Å². The molecule has 0 unspecified atom stereocenters. The molecule has 0 bridgehead atoms. The summed E-state index contributed by atoms with van der Waals surface area (Å²) in [4.78, 5) is 25.7. The first-order valence-corrected chi connectivity index (χ1v) is 10.2. The van der Waals surface area contributed by atoms with Gasteiger partial charge in [0.15, 0.2) is 0 Å². The van der Waals surface area contributed by atoms with Crippen molar-refractivity contribution >= 4 is 17.7 Å². The van der Waals surface area contributed by atoms with Crippen molar-refractivity contribution in [3.05, 3.63) is 83.6 Å². The zero-order valence-corrected chi connectivity index (χ0v) is 16.7. The van der Waals surface area contributed by atoms with Crippen LogP contribution in [0.25, 0.3) is 0 Å². The summed E-state index contributed by atoms with van der Waals surface area (Å²) in [5.41, 5.74) is 6.54. The van der Waals surface area contributed by atoms with Crippen LogP contribution in [0.2, 0.25) is 0 Å². The third kappa shape index (κ3) is 3.48. The number of carbonyl (C=O) groups excluding carboxylic acids is 1. The zero-order chi connectivity index (χ0) is 21.5.